The van der Waals surface area contributed by atoms with Crippen LogP contribution in [0.3, 0.4) is 0 Å². The second-order valence-corrected chi connectivity index (χ2v) is 5.35. The zero-order valence-electron chi connectivity index (χ0n) is 11.7. The Morgan fingerprint density at radius 3 is 2.63 bits per heavy atom. The van der Waals surface area contributed by atoms with E-state index in [2.05, 4.69) is 15.6 Å². The lowest BCUT2D eigenvalue weighted by atomic mass is 9.95. The van der Waals surface area contributed by atoms with Crippen molar-refractivity contribution in [1.29, 1.82) is 0 Å². The first-order chi connectivity index (χ1) is 8.85. The highest BCUT2D eigenvalue weighted by Crippen LogP contribution is 2.21. The average molecular weight is 265 g/mol. The van der Waals surface area contributed by atoms with Crippen molar-refractivity contribution in [2.45, 2.75) is 45.3 Å². The lowest BCUT2D eigenvalue weighted by molar-refractivity contribution is -0.154. The Balaban J connectivity index is 2.27. The maximum atomic E-state index is 12.4. The normalized spacial score (nSPS) is 22.5. The van der Waals surface area contributed by atoms with E-state index in [0.29, 0.717) is 18.7 Å². The van der Waals surface area contributed by atoms with Gasteiger partial charge in [-0.1, -0.05) is 12.1 Å². The molecular formula is C12H19N5O2. The van der Waals surface area contributed by atoms with Gasteiger partial charge < -0.3 is 10.2 Å². The lowest BCUT2D eigenvalue weighted by Gasteiger charge is -2.42. The molecule has 7 heteroatoms. The molecule has 0 radical (unpaired) electrons. The SMILES string of the molecule is CCC1C(=O)NC(C)(C)C(=O)N1Cc1cn(C)nn1. The molecule has 1 atom stereocenters. The molecule has 0 aromatic carbocycles. The number of carbonyl (C=O) groups excluding carboxylic acids is 2. The zero-order valence-corrected chi connectivity index (χ0v) is 11.7. The predicted octanol–water partition coefficient (Wildman–Crippen LogP) is -0.169. The van der Waals surface area contributed by atoms with Crippen LogP contribution >= 0.6 is 0 Å². The molecule has 104 valence electrons. The molecule has 1 aliphatic rings. The van der Waals surface area contributed by atoms with Gasteiger partial charge in [-0.3, -0.25) is 14.3 Å². The van der Waals surface area contributed by atoms with Gasteiger partial charge in [-0.05, 0) is 20.3 Å². The summed E-state index contributed by atoms with van der Waals surface area (Å²) in [5.41, 5.74) is -0.190. The first kappa shape index (κ1) is 13.5. The third-order valence-corrected chi connectivity index (χ3v) is 3.28. The fourth-order valence-electron chi connectivity index (χ4n) is 2.32. The third-order valence-electron chi connectivity index (χ3n) is 3.28. The van der Waals surface area contributed by atoms with Crippen molar-refractivity contribution < 1.29 is 9.59 Å². The number of carbonyl (C=O) groups is 2. The van der Waals surface area contributed by atoms with E-state index >= 15 is 0 Å². The van der Waals surface area contributed by atoms with Crippen molar-refractivity contribution in [2.24, 2.45) is 7.05 Å². The summed E-state index contributed by atoms with van der Waals surface area (Å²) in [5.74, 6) is -0.208. The predicted molar refractivity (Wildman–Crippen MR) is 67.9 cm³/mol. The zero-order chi connectivity index (χ0) is 14.2. The Hall–Kier alpha value is -1.92. The van der Waals surface area contributed by atoms with Crippen LogP contribution < -0.4 is 5.32 Å². The summed E-state index contributed by atoms with van der Waals surface area (Å²) in [6.45, 7) is 5.62. The van der Waals surface area contributed by atoms with Gasteiger partial charge in [0.25, 0.3) is 0 Å². The molecule has 7 nitrogen and oxygen atoms in total. The van der Waals surface area contributed by atoms with Crippen LogP contribution in [0.1, 0.15) is 32.9 Å². The maximum Gasteiger partial charge on any atom is 0.248 e. The number of hydrogen-bond acceptors (Lipinski definition) is 4. The molecule has 19 heavy (non-hydrogen) atoms. The summed E-state index contributed by atoms with van der Waals surface area (Å²) >= 11 is 0. The molecule has 0 bridgehead atoms. The van der Waals surface area contributed by atoms with Crippen LogP contribution in [0.25, 0.3) is 0 Å². The standard InChI is InChI=1S/C12H19N5O2/c1-5-9-10(18)13-12(2,3)11(19)17(9)7-8-6-16(4)15-14-8/h6,9H,5,7H2,1-4H3,(H,13,18). The van der Waals surface area contributed by atoms with Crippen LogP contribution in [0.15, 0.2) is 6.20 Å². The summed E-state index contributed by atoms with van der Waals surface area (Å²) < 4.78 is 1.58. The highest BCUT2D eigenvalue weighted by Gasteiger charge is 2.44. The first-order valence-electron chi connectivity index (χ1n) is 6.33. The minimum absolute atomic E-state index is 0.0930. The molecule has 2 amide bonds. The Morgan fingerprint density at radius 2 is 2.11 bits per heavy atom. The fourth-order valence-corrected chi connectivity index (χ4v) is 2.32. The van der Waals surface area contributed by atoms with Crippen molar-refractivity contribution in [3.63, 3.8) is 0 Å². The largest absolute Gasteiger partial charge is 0.340 e. The molecule has 1 saturated heterocycles. The molecule has 1 unspecified atom stereocenters. The fraction of sp³-hybridized carbons (Fsp3) is 0.667. The van der Waals surface area contributed by atoms with Crippen molar-refractivity contribution in [2.75, 3.05) is 0 Å². The summed E-state index contributed by atoms with van der Waals surface area (Å²) in [5, 5.41) is 10.6. The summed E-state index contributed by atoms with van der Waals surface area (Å²) in [4.78, 5) is 26.1. The first-order valence-corrected chi connectivity index (χ1v) is 6.33. The molecule has 1 fully saturated rings. The highest BCUT2D eigenvalue weighted by molar-refractivity contribution is 5.99. The lowest BCUT2D eigenvalue weighted by Crippen LogP contribution is -2.67. The van der Waals surface area contributed by atoms with Crippen molar-refractivity contribution in [3.05, 3.63) is 11.9 Å². The van der Waals surface area contributed by atoms with Gasteiger partial charge in [-0.15, -0.1) is 5.10 Å². The number of amides is 2. The van der Waals surface area contributed by atoms with Gasteiger partial charge in [0.1, 0.15) is 17.3 Å². The Morgan fingerprint density at radius 1 is 1.42 bits per heavy atom. The molecule has 1 aromatic heterocycles. The van der Waals surface area contributed by atoms with Gasteiger partial charge in [-0.2, -0.15) is 0 Å². The number of hydrogen-bond donors (Lipinski definition) is 1. The van der Waals surface area contributed by atoms with Crippen LogP contribution in [0.4, 0.5) is 0 Å². The number of nitrogens with one attached hydrogen (secondary N) is 1. The number of aromatic nitrogens is 3. The number of rotatable bonds is 3. The summed E-state index contributed by atoms with van der Waals surface area (Å²) in [6.07, 6.45) is 2.33. The van der Waals surface area contributed by atoms with Crippen molar-refractivity contribution in [3.8, 4) is 0 Å². The molecule has 0 spiro atoms. The Labute approximate surface area is 112 Å². The van der Waals surface area contributed by atoms with Gasteiger partial charge in [-0.25, -0.2) is 0 Å². The highest BCUT2D eigenvalue weighted by atomic mass is 16.2. The number of nitrogens with zero attached hydrogens (tertiary/aromatic N) is 4. The van der Waals surface area contributed by atoms with E-state index in [1.54, 1.807) is 36.7 Å². The monoisotopic (exact) mass is 265 g/mol. The van der Waals surface area contributed by atoms with E-state index in [-0.39, 0.29) is 11.8 Å². The van der Waals surface area contributed by atoms with Crippen LogP contribution in [0.5, 0.6) is 0 Å². The van der Waals surface area contributed by atoms with Gasteiger partial charge in [0.15, 0.2) is 0 Å². The molecule has 1 aromatic rings. The van der Waals surface area contributed by atoms with Gasteiger partial charge in [0.2, 0.25) is 11.8 Å². The Kier molecular flexibility index (Phi) is 3.30. The minimum atomic E-state index is -0.870. The van der Waals surface area contributed by atoms with Crippen LogP contribution in [-0.2, 0) is 23.2 Å². The summed E-state index contributed by atoms with van der Waals surface area (Å²) in [6, 6.07) is -0.442. The Bertz CT molecular complexity index is 508. The number of aryl methyl sites for hydroxylation is 1. The van der Waals surface area contributed by atoms with E-state index in [1.165, 1.54) is 0 Å². The number of piperazine rings is 1. The second kappa shape index (κ2) is 4.64. The van der Waals surface area contributed by atoms with E-state index in [0.717, 1.165) is 0 Å². The molecule has 0 aliphatic carbocycles. The summed E-state index contributed by atoms with van der Waals surface area (Å²) in [7, 11) is 1.77. The smallest absolute Gasteiger partial charge is 0.248 e. The molecule has 2 heterocycles. The quantitative estimate of drug-likeness (QED) is 0.823. The molecule has 1 aliphatic heterocycles. The van der Waals surface area contributed by atoms with Gasteiger partial charge in [0, 0.05) is 13.2 Å². The second-order valence-electron chi connectivity index (χ2n) is 5.35. The van der Waals surface area contributed by atoms with Gasteiger partial charge >= 0.3 is 0 Å². The van der Waals surface area contributed by atoms with Crippen LogP contribution in [0.2, 0.25) is 0 Å². The topological polar surface area (TPSA) is 80.1 Å². The minimum Gasteiger partial charge on any atom is -0.340 e. The van der Waals surface area contributed by atoms with E-state index in [1.807, 2.05) is 6.92 Å². The average Bonchev–Trinajstić information content (AvgIpc) is 2.71. The van der Waals surface area contributed by atoms with Crippen molar-refractivity contribution in [1.82, 2.24) is 25.2 Å². The third kappa shape index (κ3) is 2.45. The molecule has 2 rings (SSSR count). The van der Waals surface area contributed by atoms with E-state index in [4.69, 9.17) is 0 Å². The van der Waals surface area contributed by atoms with E-state index in [9.17, 15) is 9.59 Å². The van der Waals surface area contributed by atoms with Gasteiger partial charge in [0.05, 0.1) is 6.54 Å². The molecular weight excluding hydrogens is 246 g/mol. The van der Waals surface area contributed by atoms with Crippen LogP contribution in [-0.4, -0.2) is 43.3 Å². The van der Waals surface area contributed by atoms with Crippen LogP contribution in [0, 0.1) is 0 Å². The van der Waals surface area contributed by atoms with E-state index < -0.39 is 11.6 Å². The maximum absolute atomic E-state index is 12.4. The molecule has 0 saturated carbocycles. The molecule has 1 N–H and O–H groups in total. The van der Waals surface area contributed by atoms with Crippen molar-refractivity contribution >= 4 is 11.8 Å².